The van der Waals surface area contributed by atoms with Gasteiger partial charge in [0.15, 0.2) is 11.5 Å². The number of aryl methyl sites for hydroxylation is 1. The molecule has 0 aliphatic carbocycles. The molecule has 1 aromatic carbocycles. The highest BCUT2D eigenvalue weighted by Crippen LogP contribution is 2.41. The highest BCUT2D eigenvalue weighted by molar-refractivity contribution is 5.56. The number of phenols is 1. The smallest absolute Gasteiger partial charge is 0.168 e. The van der Waals surface area contributed by atoms with E-state index in [1.54, 1.807) is 6.07 Å². The molecule has 0 heterocycles. The molecule has 1 rings (SSSR count). The highest BCUT2D eigenvalue weighted by atomic mass is 16.5. The van der Waals surface area contributed by atoms with Gasteiger partial charge in [-0.2, -0.15) is 0 Å². The number of hydrogen-bond acceptors (Lipinski definition) is 3. The van der Waals surface area contributed by atoms with Crippen molar-refractivity contribution < 1.29 is 14.6 Å². The van der Waals surface area contributed by atoms with Crippen LogP contribution in [0.15, 0.2) is 6.07 Å². The van der Waals surface area contributed by atoms with Gasteiger partial charge >= 0.3 is 0 Å². The van der Waals surface area contributed by atoms with E-state index in [0.29, 0.717) is 5.75 Å². The number of ether oxygens (including phenoxy) is 2. The number of benzene rings is 1. The molecular formula is C16H26O3. The van der Waals surface area contributed by atoms with Gasteiger partial charge in [-0.05, 0) is 67.0 Å². The second kappa shape index (κ2) is 4.95. The molecule has 0 atom stereocenters. The fourth-order valence-electron chi connectivity index (χ4n) is 1.83. The van der Waals surface area contributed by atoms with Gasteiger partial charge in [0, 0.05) is 5.56 Å². The SMILES string of the molecule is Cc1cc(O)c(OC(C)(C)C)c(C)c1OC(C)(C)C. The topological polar surface area (TPSA) is 38.7 Å². The molecule has 0 radical (unpaired) electrons. The van der Waals surface area contributed by atoms with Crippen molar-refractivity contribution in [2.75, 3.05) is 0 Å². The van der Waals surface area contributed by atoms with E-state index in [2.05, 4.69) is 0 Å². The molecule has 0 aliphatic rings. The van der Waals surface area contributed by atoms with Crippen LogP contribution in [0.1, 0.15) is 52.7 Å². The van der Waals surface area contributed by atoms with Crippen molar-refractivity contribution in [3.05, 3.63) is 17.2 Å². The van der Waals surface area contributed by atoms with Crippen molar-refractivity contribution >= 4 is 0 Å². The van der Waals surface area contributed by atoms with Crippen molar-refractivity contribution in [3.63, 3.8) is 0 Å². The minimum absolute atomic E-state index is 0.159. The Bertz CT molecular complexity index is 422. The average molecular weight is 266 g/mol. The first kappa shape index (κ1) is 15.7. The van der Waals surface area contributed by atoms with E-state index in [1.165, 1.54) is 0 Å². The Hall–Kier alpha value is -1.38. The van der Waals surface area contributed by atoms with Crippen molar-refractivity contribution in [3.8, 4) is 17.2 Å². The summed E-state index contributed by atoms with van der Waals surface area (Å²) in [6, 6.07) is 1.69. The largest absolute Gasteiger partial charge is 0.504 e. The minimum atomic E-state index is -0.365. The Labute approximate surface area is 116 Å². The lowest BCUT2D eigenvalue weighted by Gasteiger charge is -2.28. The van der Waals surface area contributed by atoms with Gasteiger partial charge in [0.25, 0.3) is 0 Å². The predicted molar refractivity (Wildman–Crippen MR) is 78.3 cm³/mol. The fourth-order valence-corrected chi connectivity index (χ4v) is 1.83. The normalized spacial score (nSPS) is 12.4. The first-order valence-electron chi connectivity index (χ1n) is 6.62. The van der Waals surface area contributed by atoms with E-state index < -0.39 is 0 Å². The molecule has 0 aliphatic heterocycles. The second-order valence-corrected chi connectivity index (χ2v) is 6.92. The van der Waals surface area contributed by atoms with E-state index in [0.717, 1.165) is 16.9 Å². The van der Waals surface area contributed by atoms with E-state index in [1.807, 2.05) is 55.4 Å². The standard InChI is InChI=1S/C16H26O3/c1-10-9-12(17)14(19-16(6,7)8)11(2)13(10)18-15(3,4)5/h9,17H,1-8H3. The zero-order valence-electron chi connectivity index (χ0n) is 13.3. The minimum Gasteiger partial charge on any atom is -0.504 e. The summed E-state index contributed by atoms with van der Waals surface area (Å²) in [5.41, 5.74) is 1.09. The van der Waals surface area contributed by atoms with Crippen LogP contribution < -0.4 is 9.47 Å². The quantitative estimate of drug-likeness (QED) is 0.864. The molecule has 3 heteroatoms. The lowest BCUT2D eigenvalue weighted by atomic mass is 10.1. The molecule has 0 aromatic heterocycles. The lowest BCUT2D eigenvalue weighted by molar-refractivity contribution is 0.115. The molecule has 1 aromatic rings. The monoisotopic (exact) mass is 266 g/mol. The van der Waals surface area contributed by atoms with Crippen LogP contribution in [0.5, 0.6) is 17.2 Å². The zero-order chi connectivity index (χ0) is 15.0. The van der Waals surface area contributed by atoms with E-state index in [4.69, 9.17) is 9.47 Å². The summed E-state index contributed by atoms with van der Waals surface area (Å²) in [5.74, 6) is 1.44. The van der Waals surface area contributed by atoms with Gasteiger partial charge in [0.1, 0.15) is 17.0 Å². The zero-order valence-corrected chi connectivity index (χ0v) is 13.3. The fraction of sp³-hybridized carbons (Fsp3) is 0.625. The third kappa shape index (κ3) is 4.34. The first-order valence-corrected chi connectivity index (χ1v) is 6.62. The van der Waals surface area contributed by atoms with Crippen molar-refractivity contribution in [1.29, 1.82) is 0 Å². The van der Waals surface area contributed by atoms with E-state index >= 15 is 0 Å². The van der Waals surface area contributed by atoms with Gasteiger partial charge in [0.2, 0.25) is 0 Å². The maximum atomic E-state index is 10.1. The van der Waals surface area contributed by atoms with Gasteiger partial charge in [0.05, 0.1) is 0 Å². The van der Waals surface area contributed by atoms with Crippen LogP contribution in [0, 0.1) is 13.8 Å². The maximum absolute atomic E-state index is 10.1. The number of hydrogen-bond donors (Lipinski definition) is 1. The Balaban J connectivity index is 3.30. The van der Waals surface area contributed by atoms with Crippen LogP contribution >= 0.6 is 0 Å². The summed E-state index contributed by atoms with van der Waals surface area (Å²) in [6.45, 7) is 15.7. The summed E-state index contributed by atoms with van der Waals surface area (Å²) in [7, 11) is 0. The summed E-state index contributed by atoms with van der Waals surface area (Å²) >= 11 is 0. The van der Waals surface area contributed by atoms with Gasteiger partial charge in [-0.1, -0.05) is 0 Å². The van der Waals surface area contributed by atoms with Gasteiger partial charge in [-0.25, -0.2) is 0 Å². The first-order chi connectivity index (χ1) is 8.41. The summed E-state index contributed by atoms with van der Waals surface area (Å²) < 4.78 is 11.8. The highest BCUT2D eigenvalue weighted by Gasteiger charge is 2.23. The predicted octanol–water partition coefficient (Wildman–Crippen LogP) is 4.36. The van der Waals surface area contributed by atoms with Crippen LogP contribution in [-0.4, -0.2) is 16.3 Å². The summed E-state index contributed by atoms with van der Waals surface area (Å²) in [6.07, 6.45) is 0. The van der Waals surface area contributed by atoms with Crippen molar-refractivity contribution in [1.82, 2.24) is 0 Å². The molecule has 0 spiro atoms. The van der Waals surface area contributed by atoms with Crippen LogP contribution in [0.4, 0.5) is 0 Å². The Morgan fingerprint density at radius 1 is 0.842 bits per heavy atom. The molecule has 0 saturated carbocycles. The third-order valence-electron chi connectivity index (χ3n) is 2.44. The number of aromatic hydroxyl groups is 1. The molecular weight excluding hydrogens is 240 g/mol. The van der Waals surface area contributed by atoms with Crippen molar-refractivity contribution in [2.24, 2.45) is 0 Å². The van der Waals surface area contributed by atoms with Crippen LogP contribution in [0.2, 0.25) is 0 Å². The summed E-state index contributed by atoms with van der Waals surface area (Å²) in [5, 5.41) is 10.1. The Kier molecular flexibility index (Phi) is 4.08. The average Bonchev–Trinajstić information content (AvgIpc) is 2.16. The Morgan fingerprint density at radius 2 is 1.26 bits per heavy atom. The molecule has 0 unspecified atom stereocenters. The van der Waals surface area contributed by atoms with Crippen LogP contribution in [0.25, 0.3) is 0 Å². The molecule has 19 heavy (non-hydrogen) atoms. The molecule has 3 nitrogen and oxygen atoms in total. The van der Waals surface area contributed by atoms with Crippen LogP contribution in [-0.2, 0) is 0 Å². The molecule has 1 N–H and O–H groups in total. The summed E-state index contributed by atoms with van der Waals surface area (Å²) in [4.78, 5) is 0. The molecule has 0 fully saturated rings. The van der Waals surface area contributed by atoms with Gasteiger partial charge < -0.3 is 14.6 Å². The number of rotatable bonds is 2. The maximum Gasteiger partial charge on any atom is 0.168 e. The van der Waals surface area contributed by atoms with Gasteiger partial charge in [-0.3, -0.25) is 0 Å². The molecule has 0 bridgehead atoms. The number of phenolic OH excluding ortho intramolecular Hbond substituents is 1. The Morgan fingerprint density at radius 3 is 1.68 bits per heavy atom. The molecule has 0 amide bonds. The van der Waals surface area contributed by atoms with Crippen LogP contribution in [0.3, 0.4) is 0 Å². The lowest BCUT2D eigenvalue weighted by Crippen LogP contribution is -2.26. The third-order valence-corrected chi connectivity index (χ3v) is 2.44. The van der Waals surface area contributed by atoms with E-state index in [9.17, 15) is 5.11 Å². The van der Waals surface area contributed by atoms with E-state index in [-0.39, 0.29) is 17.0 Å². The molecule has 108 valence electrons. The molecule has 0 saturated heterocycles. The second-order valence-electron chi connectivity index (χ2n) is 6.92. The van der Waals surface area contributed by atoms with Crippen molar-refractivity contribution in [2.45, 2.75) is 66.6 Å². The van der Waals surface area contributed by atoms with Gasteiger partial charge in [-0.15, -0.1) is 0 Å².